The Kier molecular flexibility index (Phi) is 6.01. The van der Waals surface area contributed by atoms with Crippen LogP contribution < -0.4 is 0 Å². The maximum absolute atomic E-state index is 5.23. The number of hydrogen-bond acceptors (Lipinski definition) is 5. The van der Waals surface area contributed by atoms with E-state index in [0.717, 1.165) is 26.8 Å². The van der Waals surface area contributed by atoms with Crippen LogP contribution in [-0.4, -0.2) is 33.5 Å². The summed E-state index contributed by atoms with van der Waals surface area (Å²) in [5.74, 6) is 1.68. The van der Waals surface area contributed by atoms with Gasteiger partial charge in [0.25, 0.3) is 0 Å². The van der Waals surface area contributed by atoms with Gasteiger partial charge in [-0.15, -0.1) is 10.2 Å². The summed E-state index contributed by atoms with van der Waals surface area (Å²) in [4.78, 5) is 4.06. The summed E-state index contributed by atoms with van der Waals surface area (Å²) in [5.41, 5.74) is 2.25. The third-order valence-electron chi connectivity index (χ3n) is 3.46. The monoisotopic (exact) mass is 404 g/mol. The minimum Gasteiger partial charge on any atom is -0.383 e. The number of rotatable bonds is 7. The lowest BCUT2D eigenvalue weighted by Crippen LogP contribution is -2.07. The molecule has 0 aliphatic carbocycles. The predicted octanol–water partition coefficient (Wildman–Crippen LogP) is 4.04. The summed E-state index contributed by atoms with van der Waals surface area (Å²) in [5, 5.41) is 9.63. The van der Waals surface area contributed by atoms with Crippen LogP contribution in [0.2, 0.25) is 0 Å². The van der Waals surface area contributed by atoms with Gasteiger partial charge in [0.2, 0.25) is 0 Å². The smallest absolute Gasteiger partial charge is 0.191 e. The van der Waals surface area contributed by atoms with E-state index in [4.69, 9.17) is 4.74 Å². The Bertz CT molecular complexity index is 777. The molecule has 0 aliphatic heterocycles. The molecule has 0 saturated carbocycles. The van der Waals surface area contributed by atoms with Gasteiger partial charge in [-0.05, 0) is 29.8 Å². The quantitative estimate of drug-likeness (QED) is 0.556. The summed E-state index contributed by atoms with van der Waals surface area (Å²) >= 11 is 5.13. The van der Waals surface area contributed by atoms with Crippen molar-refractivity contribution in [2.75, 3.05) is 13.7 Å². The standard InChI is InChI=1S/C17H17BrN4OS/c1-23-11-10-22-16(14-6-8-19-9-7-14)20-21-17(22)24-12-13-2-4-15(18)5-3-13/h2-9H,10-12H2,1H3. The van der Waals surface area contributed by atoms with Crippen LogP contribution in [0.1, 0.15) is 5.56 Å². The molecule has 1 aromatic carbocycles. The average molecular weight is 405 g/mol. The van der Waals surface area contributed by atoms with Crippen molar-refractivity contribution in [3.8, 4) is 11.4 Å². The van der Waals surface area contributed by atoms with Crippen molar-refractivity contribution in [2.24, 2.45) is 0 Å². The lowest BCUT2D eigenvalue weighted by Gasteiger charge is -2.09. The number of benzene rings is 1. The lowest BCUT2D eigenvalue weighted by atomic mass is 10.2. The van der Waals surface area contributed by atoms with Crippen molar-refractivity contribution in [1.29, 1.82) is 0 Å². The van der Waals surface area contributed by atoms with Crippen molar-refractivity contribution >= 4 is 27.7 Å². The third kappa shape index (κ3) is 4.23. The van der Waals surface area contributed by atoms with E-state index in [1.54, 1.807) is 31.3 Å². The second kappa shape index (κ2) is 8.41. The van der Waals surface area contributed by atoms with Crippen molar-refractivity contribution in [3.05, 3.63) is 58.8 Å². The minimum absolute atomic E-state index is 0.613. The maximum atomic E-state index is 5.23. The van der Waals surface area contributed by atoms with E-state index in [2.05, 4.69) is 47.8 Å². The topological polar surface area (TPSA) is 52.8 Å². The molecule has 2 aromatic heterocycles. The second-order valence-corrected chi connectivity index (χ2v) is 6.96. The van der Waals surface area contributed by atoms with Crippen molar-refractivity contribution in [3.63, 3.8) is 0 Å². The molecule has 0 bridgehead atoms. The van der Waals surface area contributed by atoms with E-state index in [1.165, 1.54) is 5.56 Å². The van der Waals surface area contributed by atoms with E-state index in [1.807, 2.05) is 24.3 Å². The Hall–Kier alpha value is -1.70. The van der Waals surface area contributed by atoms with Crippen molar-refractivity contribution < 1.29 is 4.74 Å². The van der Waals surface area contributed by atoms with Crippen LogP contribution in [0.15, 0.2) is 58.4 Å². The second-order valence-electron chi connectivity index (χ2n) is 5.10. The van der Waals surface area contributed by atoms with Crippen molar-refractivity contribution in [2.45, 2.75) is 17.5 Å². The zero-order chi connectivity index (χ0) is 16.8. The molecular weight excluding hydrogens is 388 g/mol. The first-order valence-electron chi connectivity index (χ1n) is 7.47. The Morgan fingerprint density at radius 3 is 2.54 bits per heavy atom. The molecule has 0 N–H and O–H groups in total. The van der Waals surface area contributed by atoms with Gasteiger partial charge in [0, 0.05) is 35.3 Å². The number of hydrogen-bond donors (Lipinski definition) is 0. The van der Waals surface area contributed by atoms with Gasteiger partial charge in [-0.3, -0.25) is 9.55 Å². The number of ether oxygens (including phenoxy) is 1. The summed E-state index contributed by atoms with van der Waals surface area (Å²) in [7, 11) is 1.70. The van der Waals surface area contributed by atoms with Crippen molar-refractivity contribution in [1.82, 2.24) is 19.7 Å². The van der Waals surface area contributed by atoms with Gasteiger partial charge < -0.3 is 4.74 Å². The van der Waals surface area contributed by atoms with Crippen LogP contribution in [0.25, 0.3) is 11.4 Å². The highest BCUT2D eigenvalue weighted by atomic mass is 79.9. The Labute approximate surface area is 153 Å². The Morgan fingerprint density at radius 1 is 1.08 bits per heavy atom. The molecule has 0 spiro atoms. The molecule has 2 heterocycles. The highest BCUT2D eigenvalue weighted by Crippen LogP contribution is 2.26. The molecular formula is C17H17BrN4OS. The maximum Gasteiger partial charge on any atom is 0.191 e. The molecule has 0 fully saturated rings. The largest absolute Gasteiger partial charge is 0.383 e. The van der Waals surface area contributed by atoms with Crippen LogP contribution in [0.4, 0.5) is 0 Å². The third-order valence-corrected chi connectivity index (χ3v) is 5.02. The summed E-state index contributed by atoms with van der Waals surface area (Å²) in [6.07, 6.45) is 3.53. The fourth-order valence-electron chi connectivity index (χ4n) is 2.22. The van der Waals surface area contributed by atoms with E-state index in [0.29, 0.717) is 13.2 Å². The van der Waals surface area contributed by atoms with E-state index in [9.17, 15) is 0 Å². The number of methoxy groups -OCH3 is 1. The van der Waals surface area contributed by atoms with Crippen LogP contribution in [0, 0.1) is 0 Å². The van der Waals surface area contributed by atoms with Crippen LogP contribution in [0.3, 0.4) is 0 Å². The molecule has 0 aliphatic rings. The summed E-state index contributed by atoms with van der Waals surface area (Å²) in [6.45, 7) is 1.33. The highest BCUT2D eigenvalue weighted by Gasteiger charge is 2.14. The molecule has 124 valence electrons. The SMILES string of the molecule is COCCn1c(SCc2ccc(Br)cc2)nnc1-c1ccncc1. The van der Waals surface area contributed by atoms with Gasteiger partial charge in [0.15, 0.2) is 11.0 Å². The Balaban J connectivity index is 1.81. The van der Waals surface area contributed by atoms with Gasteiger partial charge in [-0.2, -0.15) is 0 Å². The summed E-state index contributed by atoms with van der Waals surface area (Å²) in [6, 6.07) is 12.2. The van der Waals surface area contributed by atoms with E-state index < -0.39 is 0 Å². The molecule has 7 heteroatoms. The molecule has 24 heavy (non-hydrogen) atoms. The molecule has 3 aromatic rings. The molecule has 0 atom stereocenters. The number of thioether (sulfide) groups is 1. The van der Waals surface area contributed by atoms with E-state index in [-0.39, 0.29) is 0 Å². The van der Waals surface area contributed by atoms with Gasteiger partial charge in [-0.1, -0.05) is 39.8 Å². The zero-order valence-corrected chi connectivity index (χ0v) is 15.6. The first-order chi connectivity index (χ1) is 11.8. The average Bonchev–Trinajstić information content (AvgIpc) is 3.03. The number of pyridine rings is 1. The van der Waals surface area contributed by atoms with Crippen LogP contribution in [-0.2, 0) is 17.0 Å². The zero-order valence-electron chi connectivity index (χ0n) is 13.2. The Morgan fingerprint density at radius 2 is 1.83 bits per heavy atom. The predicted molar refractivity (Wildman–Crippen MR) is 98.8 cm³/mol. The summed E-state index contributed by atoms with van der Waals surface area (Å²) < 4.78 is 8.42. The molecule has 0 saturated heterocycles. The van der Waals surface area contributed by atoms with Crippen LogP contribution >= 0.6 is 27.7 Å². The highest BCUT2D eigenvalue weighted by molar-refractivity contribution is 9.10. The molecule has 0 unspecified atom stereocenters. The lowest BCUT2D eigenvalue weighted by molar-refractivity contribution is 0.185. The van der Waals surface area contributed by atoms with Gasteiger partial charge in [-0.25, -0.2) is 0 Å². The fourth-order valence-corrected chi connectivity index (χ4v) is 3.41. The molecule has 0 radical (unpaired) electrons. The van der Waals surface area contributed by atoms with E-state index >= 15 is 0 Å². The van der Waals surface area contributed by atoms with Gasteiger partial charge in [0.05, 0.1) is 13.2 Å². The normalized spacial score (nSPS) is 10.9. The minimum atomic E-state index is 0.613. The van der Waals surface area contributed by atoms with Gasteiger partial charge >= 0.3 is 0 Å². The first-order valence-corrected chi connectivity index (χ1v) is 9.25. The first kappa shape index (κ1) is 17.1. The number of aromatic nitrogens is 4. The van der Waals surface area contributed by atoms with Crippen LogP contribution in [0.5, 0.6) is 0 Å². The number of halogens is 1. The molecule has 0 amide bonds. The van der Waals surface area contributed by atoms with Gasteiger partial charge in [0.1, 0.15) is 0 Å². The molecule has 3 rings (SSSR count). The molecule has 5 nitrogen and oxygen atoms in total. The number of nitrogens with zero attached hydrogens (tertiary/aromatic N) is 4. The fraction of sp³-hybridized carbons (Fsp3) is 0.235.